The monoisotopic (exact) mass is 560 g/mol. The van der Waals surface area contributed by atoms with E-state index in [4.69, 9.17) is 29.0 Å². The molecule has 0 saturated carbocycles. The molecule has 0 radical (unpaired) electrons. The molecule has 3 aromatic rings. The molecule has 1 aromatic heterocycles. The number of non-ortho nitro benzene ring substituents is 1. The summed E-state index contributed by atoms with van der Waals surface area (Å²) in [6.07, 6.45) is 6.05. The fourth-order valence-electron chi connectivity index (χ4n) is 3.94. The van der Waals surface area contributed by atoms with Gasteiger partial charge in [0.05, 0.1) is 23.2 Å². The van der Waals surface area contributed by atoms with Gasteiger partial charge in [0.1, 0.15) is 5.75 Å². The number of phosphoric acid groups is 1. The van der Waals surface area contributed by atoms with Gasteiger partial charge in [0.15, 0.2) is 0 Å². The second kappa shape index (κ2) is 15.3. The standard InChI is InChI=1S/C27H34N4O3.H3O4P/c1-5-30(6-2)17-7-8-20(3)28-27-18-22(29-26-16-15-24(34-4)19-25(26)27)12-9-21-10-13-23(14-11-21)31(32)33;1-5(2,3)4/h9-16,18-20H,5-8,17H2,1-4H3,(H,28,29);(H3,1,2,3,4)/b12-9+;. The topological polar surface area (TPSA) is 158 Å². The van der Waals surface area contributed by atoms with E-state index < -0.39 is 12.7 Å². The zero-order chi connectivity index (χ0) is 29.0. The maximum Gasteiger partial charge on any atom is 0.466 e. The van der Waals surface area contributed by atoms with E-state index in [0.29, 0.717) is 6.04 Å². The van der Waals surface area contributed by atoms with Crippen LogP contribution in [0.3, 0.4) is 0 Å². The van der Waals surface area contributed by atoms with E-state index in [9.17, 15) is 10.1 Å². The van der Waals surface area contributed by atoms with Gasteiger partial charge in [0.25, 0.3) is 5.69 Å². The number of nitrogens with one attached hydrogen (secondary N) is 1. The zero-order valence-corrected chi connectivity index (χ0v) is 23.5. The van der Waals surface area contributed by atoms with E-state index >= 15 is 0 Å². The first-order valence-electron chi connectivity index (χ1n) is 12.6. The number of pyridine rings is 1. The molecule has 1 heterocycles. The number of nitrogens with zero attached hydrogens (tertiary/aromatic N) is 3. The molecule has 212 valence electrons. The highest BCUT2D eigenvalue weighted by atomic mass is 31.2. The molecule has 3 rings (SSSR count). The molecule has 12 heteroatoms. The molecular weight excluding hydrogens is 523 g/mol. The normalized spacial score (nSPS) is 12.3. The Morgan fingerprint density at radius 3 is 2.31 bits per heavy atom. The Kier molecular flexibility index (Phi) is 12.5. The molecule has 1 atom stereocenters. The van der Waals surface area contributed by atoms with Crippen molar-refractivity contribution in [2.75, 3.05) is 32.1 Å². The quantitative estimate of drug-likeness (QED) is 0.130. The minimum absolute atomic E-state index is 0.0800. The number of fused-ring (bicyclic) bond motifs is 1. The second-order valence-electron chi connectivity index (χ2n) is 8.89. The van der Waals surface area contributed by atoms with Crippen molar-refractivity contribution in [2.45, 2.75) is 39.7 Å². The zero-order valence-electron chi connectivity index (χ0n) is 22.6. The summed E-state index contributed by atoms with van der Waals surface area (Å²) in [6, 6.07) is 14.7. The van der Waals surface area contributed by atoms with Crippen LogP contribution in [0.4, 0.5) is 11.4 Å². The summed E-state index contributed by atoms with van der Waals surface area (Å²) in [6.45, 7) is 9.88. The van der Waals surface area contributed by atoms with E-state index in [-0.39, 0.29) is 5.69 Å². The third-order valence-electron chi connectivity index (χ3n) is 5.99. The van der Waals surface area contributed by atoms with Gasteiger partial charge in [-0.2, -0.15) is 0 Å². The van der Waals surface area contributed by atoms with Crippen LogP contribution in [-0.2, 0) is 4.57 Å². The number of nitro groups is 1. The van der Waals surface area contributed by atoms with Crippen LogP contribution < -0.4 is 10.1 Å². The summed E-state index contributed by atoms with van der Waals surface area (Å²) >= 11 is 0. The number of benzene rings is 2. The summed E-state index contributed by atoms with van der Waals surface area (Å²) < 4.78 is 14.3. The van der Waals surface area contributed by atoms with Crippen LogP contribution in [0.25, 0.3) is 23.1 Å². The predicted octanol–water partition coefficient (Wildman–Crippen LogP) is 5.32. The summed E-state index contributed by atoms with van der Waals surface area (Å²) in [5, 5.41) is 15.6. The molecule has 4 N–H and O–H groups in total. The highest BCUT2D eigenvalue weighted by molar-refractivity contribution is 7.45. The smallest absolute Gasteiger partial charge is 0.466 e. The first-order valence-corrected chi connectivity index (χ1v) is 14.2. The number of aromatic nitrogens is 1. The Balaban J connectivity index is 0.000000976. The van der Waals surface area contributed by atoms with Gasteiger partial charge in [-0.3, -0.25) is 10.1 Å². The molecule has 0 aliphatic heterocycles. The first kappa shape index (κ1) is 31.9. The maximum atomic E-state index is 10.9. The Labute approximate surface area is 228 Å². The summed E-state index contributed by atoms with van der Waals surface area (Å²) in [4.78, 5) is 39.3. The highest BCUT2D eigenvalue weighted by Crippen LogP contribution is 2.29. The van der Waals surface area contributed by atoms with Crippen molar-refractivity contribution in [2.24, 2.45) is 0 Å². The number of rotatable bonds is 12. The van der Waals surface area contributed by atoms with Gasteiger partial charge >= 0.3 is 7.82 Å². The summed E-state index contributed by atoms with van der Waals surface area (Å²) in [5.74, 6) is 0.792. The summed E-state index contributed by atoms with van der Waals surface area (Å²) in [5.41, 5.74) is 3.67. The van der Waals surface area contributed by atoms with Crippen molar-refractivity contribution in [1.82, 2.24) is 9.88 Å². The van der Waals surface area contributed by atoms with Gasteiger partial charge < -0.3 is 29.6 Å². The van der Waals surface area contributed by atoms with Crippen LogP contribution >= 0.6 is 7.82 Å². The van der Waals surface area contributed by atoms with Crippen LogP contribution in [0.5, 0.6) is 5.75 Å². The van der Waals surface area contributed by atoms with Crippen LogP contribution in [0.15, 0.2) is 48.5 Å². The summed E-state index contributed by atoms with van der Waals surface area (Å²) in [7, 11) is -2.97. The van der Waals surface area contributed by atoms with Gasteiger partial charge in [-0.25, -0.2) is 9.55 Å². The van der Waals surface area contributed by atoms with Gasteiger partial charge in [0.2, 0.25) is 0 Å². The lowest BCUT2D eigenvalue weighted by molar-refractivity contribution is -0.384. The molecule has 0 bridgehead atoms. The van der Waals surface area contributed by atoms with E-state index in [0.717, 1.165) is 66.1 Å². The Morgan fingerprint density at radius 2 is 1.74 bits per heavy atom. The Morgan fingerprint density at radius 1 is 1.10 bits per heavy atom. The molecule has 1 unspecified atom stereocenters. The molecule has 0 saturated heterocycles. The lowest BCUT2D eigenvalue weighted by Crippen LogP contribution is -2.25. The fraction of sp³-hybridized carbons (Fsp3) is 0.370. The van der Waals surface area contributed by atoms with Gasteiger partial charge in [-0.15, -0.1) is 0 Å². The van der Waals surface area contributed by atoms with Crippen molar-refractivity contribution < 1.29 is 28.9 Å². The number of hydrogen-bond acceptors (Lipinski definition) is 7. The van der Waals surface area contributed by atoms with Crippen molar-refractivity contribution in [1.29, 1.82) is 0 Å². The molecule has 0 fully saturated rings. The van der Waals surface area contributed by atoms with Gasteiger partial charge in [-0.1, -0.05) is 19.9 Å². The van der Waals surface area contributed by atoms with Crippen LogP contribution in [0, 0.1) is 10.1 Å². The minimum Gasteiger partial charge on any atom is -0.497 e. The number of hydrogen-bond donors (Lipinski definition) is 4. The van der Waals surface area contributed by atoms with E-state index in [1.54, 1.807) is 19.2 Å². The Bertz CT molecular complexity index is 1280. The van der Waals surface area contributed by atoms with E-state index in [2.05, 4.69) is 31.0 Å². The van der Waals surface area contributed by atoms with Crippen LogP contribution in [-0.4, -0.2) is 62.3 Å². The highest BCUT2D eigenvalue weighted by Gasteiger charge is 2.11. The number of anilines is 1. The number of methoxy groups -OCH3 is 1. The fourth-order valence-corrected chi connectivity index (χ4v) is 3.94. The largest absolute Gasteiger partial charge is 0.497 e. The van der Waals surface area contributed by atoms with Crippen molar-refractivity contribution in [3.63, 3.8) is 0 Å². The molecule has 0 aliphatic rings. The van der Waals surface area contributed by atoms with Crippen molar-refractivity contribution in [3.8, 4) is 5.75 Å². The lowest BCUT2D eigenvalue weighted by Gasteiger charge is -2.21. The SMILES string of the molecule is CCN(CC)CCCC(C)Nc1cc(/C=C/c2ccc([N+](=O)[O-])cc2)nc2ccc(OC)cc12.O=P(O)(O)O. The minimum atomic E-state index is -4.64. The molecule has 0 aliphatic carbocycles. The number of ether oxygens (including phenoxy) is 1. The van der Waals surface area contributed by atoms with E-state index in [1.165, 1.54) is 12.1 Å². The molecule has 39 heavy (non-hydrogen) atoms. The third-order valence-corrected chi connectivity index (χ3v) is 5.99. The average molecular weight is 561 g/mol. The lowest BCUT2D eigenvalue weighted by atomic mass is 10.1. The van der Waals surface area contributed by atoms with Crippen LogP contribution in [0.1, 0.15) is 44.9 Å². The molecular formula is C27H37N4O7P. The Hall–Kier alpha value is -3.34. The molecule has 11 nitrogen and oxygen atoms in total. The predicted molar refractivity (Wildman–Crippen MR) is 155 cm³/mol. The maximum absolute atomic E-state index is 10.9. The van der Waals surface area contributed by atoms with Crippen molar-refractivity contribution >= 4 is 42.3 Å². The van der Waals surface area contributed by atoms with Gasteiger partial charge in [-0.05, 0) is 87.4 Å². The van der Waals surface area contributed by atoms with Crippen LogP contribution in [0.2, 0.25) is 0 Å². The molecule has 0 amide bonds. The van der Waals surface area contributed by atoms with Gasteiger partial charge in [0, 0.05) is 29.2 Å². The first-order chi connectivity index (χ1) is 18.4. The average Bonchev–Trinajstić information content (AvgIpc) is 2.89. The molecule has 2 aromatic carbocycles. The van der Waals surface area contributed by atoms with Crippen molar-refractivity contribution in [3.05, 3.63) is 69.9 Å². The third kappa shape index (κ3) is 11.5. The second-order valence-corrected chi connectivity index (χ2v) is 9.91. The number of nitro benzene ring substituents is 1. The molecule has 0 spiro atoms. The van der Waals surface area contributed by atoms with E-state index in [1.807, 2.05) is 36.4 Å².